The molecule has 7 nitrogen and oxygen atoms in total. The van der Waals surface area contributed by atoms with E-state index in [1.54, 1.807) is 23.9 Å². The zero-order valence-corrected chi connectivity index (χ0v) is 15.8. The zero-order valence-electron chi connectivity index (χ0n) is 15.8. The summed E-state index contributed by atoms with van der Waals surface area (Å²) in [5.41, 5.74) is 1.43. The molecule has 4 rings (SSSR count). The molecule has 3 aromatic rings. The maximum Gasteiger partial charge on any atom is 0.261 e. The highest BCUT2D eigenvalue weighted by molar-refractivity contribution is 6.02. The number of hydrogen-bond donors (Lipinski definition) is 0. The first kappa shape index (κ1) is 18.4. The fourth-order valence-corrected chi connectivity index (χ4v) is 3.53. The number of benzene rings is 2. The van der Waals surface area contributed by atoms with Gasteiger partial charge in [0.25, 0.3) is 5.56 Å². The summed E-state index contributed by atoms with van der Waals surface area (Å²) in [6.45, 7) is -0.344. The highest BCUT2D eigenvalue weighted by Crippen LogP contribution is 2.40. The first-order valence-corrected chi connectivity index (χ1v) is 8.81. The molecule has 0 saturated carbocycles. The Labute approximate surface area is 165 Å². The Kier molecular flexibility index (Phi) is 4.35. The minimum absolute atomic E-state index is 0.0581. The van der Waals surface area contributed by atoms with E-state index in [0.29, 0.717) is 5.82 Å². The van der Waals surface area contributed by atoms with Gasteiger partial charge in [-0.05, 0) is 24.3 Å². The van der Waals surface area contributed by atoms with Gasteiger partial charge in [-0.1, -0.05) is 12.1 Å². The number of hydrogen-bond acceptors (Lipinski definition) is 6. The van der Waals surface area contributed by atoms with Crippen LogP contribution in [0.5, 0.6) is 0 Å². The number of para-hydroxylation sites is 2. The smallest absolute Gasteiger partial charge is 0.261 e. The molecule has 0 unspecified atom stereocenters. The minimum Gasteiger partial charge on any atom is -0.328 e. The molecule has 29 heavy (non-hydrogen) atoms. The molecule has 0 spiro atoms. The average Bonchev–Trinajstić information content (AvgIpc) is 2.96. The van der Waals surface area contributed by atoms with Crippen molar-refractivity contribution < 1.29 is 9.18 Å². The largest absolute Gasteiger partial charge is 0.328 e. The van der Waals surface area contributed by atoms with Gasteiger partial charge in [0.2, 0.25) is 0 Å². The van der Waals surface area contributed by atoms with Crippen LogP contribution in [-0.4, -0.2) is 29.4 Å². The molecule has 0 N–H and O–H groups in total. The molecule has 2 heterocycles. The number of carbonyl (C=O) groups excluding carboxylic acids is 1. The predicted octanol–water partition coefficient (Wildman–Crippen LogP) is 2.43. The van der Waals surface area contributed by atoms with Crippen LogP contribution in [0.25, 0.3) is 10.9 Å². The Hall–Kier alpha value is -3.99. The molecule has 8 heteroatoms. The van der Waals surface area contributed by atoms with Gasteiger partial charge in [0.1, 0.15) is 23.3 Å². The van der Waals surface area contributed by atoms with E-state index in [9.17, 15) is 19.2 Å². The van der Waals surface area contributed by atoms with Crippen LogP contribution in [0.4, 0.5) is 15.8 Å². The van der Waals surface area contributed by atoms with Crippen molar-refractivity contribution >= 4 is 28.1 Å². The second-order valence-electron chi connectivity index (χ2n) is 6.68. The quantitative estimate of drug-likeness (QED) is 0.505. The maximum absolute atomic E-state index is 13.3. The second-order valence-corrected chi connectivity index (χ2v) is 6.68. The second kappa shape index (κ2) is 6.87. The van der Waals surface area contributed by atoms with E-state index in [1.165, 1.54) is 18.5 Å². The molecule has 0 radical (unpaired) electrons. The third-order valence-electron chi connectivity index (χ3n) is 4.96. The van der Waals surface area contributed by atoms with E-state index in [4.69, 9.17) is 0 Å². The van der Waals surface area contributed by atoms with E-state index < -0.39 is 17.2 Å². The number of anilines is 2. The number of halogens is 1. The molecule has 144 valence electrons. The number of allylic oxidation sites excluding steroid dienone is 1. The average molecular weight is 389 g/mol. The van der Waals surface area contributed by atoms with E-state index in [1.807, 2.05) is 30.3 Å². The lowest BCUT2D eigenvalue weighted by Gasteiger charge is -2.20. The Morgan fingerprint density at radius 2 is 1.79 bits per heavy atom. The summed E-state index contributed by atoms with van der Waals surface area (Å²) in [6.07, 6.45) is 1.19. The van der Waals surface area contributed by atoms with Crippen LogP contribution < -0.4 is 15.4 Å². The molecule has 0 bridgehead atoms. The molecule has 0 amide bonds. The topological polar surface area (TPSA) is 82.2 Å². The molecule has 0 aliphatic carbocycles. The van der Waals surface area contributed by atoms with Gasteiger partial charge in [-0.25, -0.2) is 9.37 Å². The molecule has 1 aliphatic rings. The molecular weight excluding hydrogens is 373 g/mol. The number of carbonyl (C=O) groups is 1. The lowest BCUT2D eigenvalue weighted by atomic mass is 10.1. The van der Waals surface area contributed by atoms with Crippen molar-refractivity contribution in [2.45, 2.75) is 6.54 Å². The summed E-state index contributed by atoms with van der Waals surface area (Å²) >= 11 is 0. The Morgan fingerprint density at radius 3 is 2.41 bits per heavy atom. The number of fused-ring (bicyclic) bond motifs is 2. The molecular formula is C21H16FN5O2. The standard InChI is InChI=1S/C21H16FN5O2/c1-25-17-5-3-4-6-18(17)26(2)20(25)15(10-23)19(28)11-27-12-24-16-9-13(22)7-8-14(16)21(27)29/h3-9,12H,11H2,1-2H3. The monoisotopic (exact) mass is 389 g/mol. The number of ketones is 1. The number of aromatic nitrogens is 2. The van der Waals surface area contributed by atoms with Crippen LogP contribution in [0.15, 0.2) is 65.0 Å². The van der Waals surface area contributed by atoms with E-state index >= 15 is 0 Å². The Balaban J connectivity index is 1.73. The number of Topliss-reactive ketones (excluding diaryl/α,β-unsaturated/α-hetero) is 1. The fourth-order valence-electron chi connectivity index (χ4n) is 3.53. The van der Waals surface area contributed by atoms with Crippen molar-refractivity contribution in [2.75, 3.05) is 23.9 Å². The highest BCUT2D eigenvalue weighted by atomic mass is 19.1. The van der Waals surface area contributed by atoms with E-state index in [-0.39, 0.29) is 23.0 Å². The Morgan fingerprint density at radius 1 is 1.14 bits per heavy atom. The summed E-state index contributed by atoms with van der Waals surface area (Å²) < 4.78 is 14.5. The molecule has 0 fully saturated rings. The summed E-state index contributed by atoms with van der Waals surface area (Å²) in [5.74, 6) is -0.566. The van der Waals surface area contributed by atoms with Crippen molar-refractivity contribution in [1.82, 2.24) is 9.55 Å². The third kappa shape index (κ3) is 2.93. The van der Waals surface area contributed by atoms with Gasteiger partial charge < -0.3 is 9.80 Å². The zero-order chi connectivity index (χ0) is 20.7. The van der Waals surface area contributed by atoms with Gasteiger partial charge in [-0.2, -0.15) is 5.26 Å². The van der Waals surface area contributed by atoms with Crippen LogP contribution in [-0.2, 0) is 11.3 Å². The third-order valence-corrected chi connectivity index (χ3v) is 4.96. The van der Waals surface area contributed by atoms with Crippen molar-refractivity contribution in [1.29, 1.82) is 5.26 Å². The summed E-state index contributed by atoms with van der Waals surface area (Å²) in [7, 11) is 3.56. The predicted molar refractivity (Wildman–Crippen MR) is 107 cm³/mol. The van der Waals surface area contributed by atoms with Gasteiger partial charge in [0.05, 0.1) is 35.1 Å². The Bertz CT molecular complexity index is 1260. The van der Waals surface area contributed by atoms with Crippen molar-refractivity contribution in [2.24, 2.45) is 0 Å². The molecule has 1 aliphatic heterocycles. The highest BCUT2D eigenvalue weighted by Gasteiger charge is 2.31. The molecule has 1 aromatic heterocycles. The summed E-state index contributed by atoms with van der Waals surface area (Å²) in [6, 6.07) is 13.2. The fraction of sp³-hybridized carbons (Fsp3) is 0.143. The van der Waals surface area contributed by atoms with Crippen molar-refractivity contribution in [3.63, 3.8) is 0 Å². The van der Waals surface area contributed by atoms with Crippen LogP contribution in [0, 0.1) is 17.1 Å². The van der Waals surface area contributed by atoms with Crippen LogP contribution in [0.3, 0.4) is 0 Å². The van der Waals surface area contributed by atoms with Crippen LogP contribution in [0.2, 0.25) is 0 Å². The van der Waals surface area contributed by atoms with Crippen LogP contribution in [0.1, 0.15) is 0 Å². The molecule has 0 atom stereocenters. The van der Waals surface area contributed by atoms with Gasteiger partial charge in [-0.15, -0.1) is 0 Å². The van der Waals surface area contributed by atoms with E-state index in [0.717, 1.165) is 22.0 Å². The normalized spacial score (nSPS) is 12.8. The molecule has 2 aromatic carbocycles. The molecule has 0 saturated heterocycles. The summed E-state index contributed by atoms with van der Waals surface area (Å²) in [5, 5.41) is 9.90. The van der Waals surface area contributed by atoms with Crippen LogP contribution >= 0.6 is 0 Å². The summed E-state index contributed by atoms with van der Waals surface area (Å²) in [4.78, 5) is 33.2. The number of nitriles is 1. The first-order valence-electron chi connectivity index (χ1n) is 8.81. The van der Waals surface area contributed by atoms with E-state index in [2.05, 4.69) is 4.98 Å². The van der Waals surface area contributed by atoms with Gasteiger partial charge in [0.15, 0.2) is 5.78 Å². The van der Waals surface area contributed by atoms with Gasteiger partial charge >= 0.3 is 0 Å². The minimum atomic E-state index is -0.514. The lowest BCUT2D eigenvalue weighted by molar-refractivity contribution is -0.115. The number of rotatable bonds is 3. The first-order chi connectivity index (χ1) is 13.9. The van der Waals surface area contributed by atoms with Gasteiger partial charge in [-0.3, -0.25) is 14.2 Å². The maximum atomic E-state index is 13.3. The lowest BCUT2D eigenvalue weighted by Crippen LogP contribution is -2.30. The SMILES string of the molecule is CN1C(=C(C#N)C(=O)Cn2cnc3cc(F)ccc3c2=O)N(C)c2ccccc21. The van der Waals surface area contributed by atoms with Crippen molar-refractivity contribution in [3.8, 4) is 6.07 Å². The van der Waals surface area contributed by atoms with Crippen molar-refractivity contribution in [3.05, 3.63) is 76.4 Å². The van der Waals surface area contributed by atoms with Gasteiger partial charge in [0, 0.05) is 20.2 Å². The number of nitrogens with zero attached hydrogens (tertiary/aromatic N) is 5.